The van der Waals surface area contributed by atoms with Crippen LogP contribution in [0, 0.1) is 6.92 Å². The maximum atomic E-state index is 13.8. The summed E-state index contributed by atoms with van der Waals surface area (Å²) >= 11 is 3.40. The molecular formula is C27H30BrN3O5S. The van der Waals surface area contributed by atoms with Gasteiger partial charge in [0.05, 0.1) is 17.7 Å². The molecule has 8 nitrogen and oxygen atoms in total. The highest BCUT2D eigenvalue weighted by Gasteiger charge is 2.33. The molecule has 0 saturated heterocycles. The minimum atomic E-state index is -4.16. The fourth-order valence-corrected chi connectivity index (χ4v) is 5.51. The van der Waals surface area contributed by atoms with Crippen molar-refractivity contribution in [3.8, 4) is 5.75 Å². The lowest BCUT2D eigenvalue weighted by Gasteiger charge is -2.32. The van der Waals surface area contributed by atoms with Gasteiger partial charge in [0.1, 0.15) is 18.3 Å². The number of ether oxygens (including phenoxy) is 1. The number of hydrogen-bond acceptors (Lipinski definition) is 5. The van der Waals surface area contributed by atoms with Crippen LogP contribution < -0.4 is 14.4 Å². The number of nitrogens with zero attached hydrogens (tertiary/aromatic N) is 2. The van der Waals surface area contributed by atoms with Crippen LogP contribution in [0.5, 0.6) is 5.75 Å². The molecule has 10 heteroatoms. The van der Waals surface area contributed by atoms with Gasteiger partial charge in [0.25, 0.3) is 10.0 Å². The zero-order valence-corrected chi connectivity index (χ0v) is 23.5. The molecule has 3 rings (SSSR count). The van der Waals surface area contributed by atoms with Crippen LogP contribution in [0.15, 0.2) is 82.2 Å². The van der Waals surface area contributed by atoms with E-state index in [2.05, 4.69) is 21.2 Å². The zero-order chi connectivity index (χ0) is 27.2. The maximum absolute atomic E-state index is 13.8. The van der Waals surface area contributed by atoms with Crippen LogP contribution in [0.3, 0.4) is 0 Å². The molecule has 2 amide bonds. The predicted molar refractivity (Wildman–Crippen MR) is 147 cm³/mol. The van der Waals surface area contributed by atoms with Crippen molar-refractivity contribution in [2.75, 3.05) is 25.0 Å². The fourth-order valence-electron chi connectivity index (χ4n) is 3.81. The van der Waals surface area contributed by atoms with E-state index >= 15 is 0 Å². The number of methoxy groups -OCH3 is 1. The van der Waals surface area contributed by atoms with Crippen molar-refractivity contribution in [2.24, 2.45) is 0 Å². The molecule has 3 aromatic rings. The zero-order valence-electron chi connectivity index (χ0n) is 21.1. The van der Waals surface area contributed by atoms with Crippen LogP contribution >= 0.6 is 15.9 Å². The van der Waals surface area contributed by atoms with Crippen molar-refractivity contribution in [3.63, 3.8) is 0 Å². The molecule has 0 unspecified atom stereocenters. The second kappa shape index (κ2) is 12.2. The van der Waals surface area contributed by atoms with Gasteiger partial charge in [-0.15, -0.1) is 0 Å². The molecule has 0 aliphatic heterocycles. The third-order valence-electron chi connectivity index (χ3n) is 5.89. The number of anilines is 1. The van der Waals surface area contributed by atoms with E-state index in [1.807, 2.05) is 31.2 Å². The standard InChI is InChI=1S/C27H30BrN3O5S/c1-19-10-15-25(36-4)24(16-19)31(37(34,35)23-8-6-5-7-9-23)18-26(32)30(20(2)27(33)29-3)17-21-11-13-22(28)14-12-21/h5-16,20H,17-18H2,1-4H3,(H,29,33)/t20-/m0/s1. The highest BCUT2D eigenvalue weighted by atomic mass is 79.9. The summed E-state index contributed by atoms with van der Waals surface area (Å²) in [6.45, 7) is 3.02. The average Bonchev–Trinajstić information content (AvgIpc) is 2.90. The quantitative estimate of drug-likeness (QED) is 0.385. The lowest BCUT2D eigenvalue weighted by molar-refractivity contribution is -0.139. The summed E-state index contributed by atoms with van der Waals surface area (Å²) in [6.07, 6.45) is 0. The lowest BCUT2D eigenvalue weighted by Crippen LogP contribution is -2.50. The molecule has 0 saturated carbocycles. The molecule has 0 fully saturated rings. The van der Waals surface area contributed by atoms with E-state index in [-0.39, 0.29) is 23.0 Å². The molecule has 0 bridgehead atoms. The number of sulfonamides is 1. The molecule has 196 valence electrons. The second-order valence-corrected chi connectivity index (χ2v) is 11.2. The molecule has 0 aliphatic rings. The highest BCUT2D eigenvalue weighted by Crippen LogP contribution is 2.33. The molecule has 1 N–H and O–H groups in total. The molecule has 0 heterocycles. The summed E-state index contributed by atoms with van der Waals surface area (Å²) in [4.78, 5) is 27.8. The summed E-state index contributed by atoms with van der Waals surface area (Å²) in [5, 5.41) is 2.57. The van der Waals surface area contributed by atoms with E-state index in [4.69, 9.17) is 4.74 Å². The number of nitrogens with one attached hydrogen (secondary N) is 1. The summed E-state index contributed by atoms with van der Waals surface area (Å²) in [7, 11) is -1.23. The number of halogens is 1. The molecule has 0 aliphatic carbocycles. The number of carbonyl (C=O) groups excluding carboxylic acids is 2. The van der Waals surface area contributed by atoms with E-state index < -0.39 is 28.5 Å². The van der Waals surface area contributed by atoms with Gasteiger partial charge < -0.3 is 15.0 Å². The van der Waals surface area contributed by atoms with E-state index in [1.54, 1.807) is 43.3 Å². The number of aryl methyl sites for hydroxylation is 1. The van der Waals surface area contributed by atoms with Crippen LogP contribution in [0.4, 0.5) is 5.69 Å². The highest BCUT2D eigenvalue weighted by molar-refractivity contribution is 9.10. The molecule has 3 aromatic carbocycles. The summed E-state index contributed by atoms with van der Waals surface area (Å²) in [5.41, 5.74) is 1.82. The van der Waals surface area contributed by atoms with Crippen LogP contribution in [0.25, 0.3) is 0 Å². The van der Waals surface area contributed by atoms with Crippen molar-refractivity contribution in [1.82, 2.24) is 10.2 Å². The SMILES string of the molecule is CNC(=O)[C@H](C)N(Cc1ccc(Br)cc1)C(=O)CN(c1cc(C)ccc1OC)S(=O)(=O)c1ccccc1. The Morgan fingerprint density at radius 2 is 1.68 bits per heavy atom. The topological polar surface area (TPSA) is 96.0 Å². The van der Waals surface area contributed by atoms with E-state index in [0.29, 0.717) is 5.75 Å². The van der Waals surface area contributed by atoms with Gasteiger partial charge in [0.15, 0.2) is 0 Å². The van der Waals surface area contributed by atoms with E-state index in [9.17, 15) is 18.0 Å². The summed E-state index contributed by atoms with van der Waals surface area (Å²) < 4.78 is 35.1. The largest absolute Gasteiger partial charge is 0.495 e. The van der Waals surface area contributed by atoms with Gasteiger partial charge in [-0.1, -0.05) is 52.3 Å². The van der Waals surface area contributed by atoms with Crippen molar-refractivity contribution < 1.29 is 22.7 Å². The normalized spacial score (nSPS) is 11.9. The summed E-state index contributed by atoms with van der Waals surface area (Å²) in [5.74, 6) is -0.602. The number of likely N-dealkylation sites (N-methyl/N-ethyl adjacent to an activating group) is 1. The Hall–Kier alpha value is -3.37. The smallest absolute Gasteiger partial charge is 0.264 e. The second-order valence-electron chi connectivity index (χ2n) is 8.44. The number of benzene rings is 3. The van der Waals surface area contributed by atoms with Crippen molar-refractivity contribution in [3.05, 3.63) is 88.4 Å². The van der Waals surface area contributed by atoms with E-state index in [1.165, 1.54) is 31.2 Å². The Bertz CT molecular complexity index is 1350. The minimum absolute atomic E-state index is 0.0326. The van der Waals surface area contributed by atoms with Gasteiger partial charge in [0.2, 0.25) is 11.8 Å². The third-order valence-corrected chi connectivity index (χ3v) is 8.20. The number of hydrogen-bond donors (Lipinski definition) is 1. The first-order valence-corrected chi connectivity index (χ1v) is 13.8. The van der Waals surface area contributed by atoms with Crippen LogP contribution in [0.1, 0.15) is 18.1 Å². The number of carbonyl (C=O) groups is 2. The Morgan fingerprint density at radius 3 is 2.27 bits per heavy atom. The Labute approximate surface area is 226 Å². The Morgan fingerprint density at radius 1 is 1.03 bits per heavy atom. The summed E-state index contributed by atoms with van der Waals surface area (Å²) in [6, 6.07) is 19.5. The van der Waals surface area contributed by atoms with Crippen molar-refractivity contribution in [1.29, 1.82) is 0 Å². The molecule has 1 atom stereocenters. The Balaban J connectivity index is 2.09. The van der Waals surface area contributed by atoms with Crippen LogP contribution in [-0.2, 0) is 26.2 Å². The first-order valence-electron chi connectivity index (χ1n) is 11.6. The fraction of sp³-hybridized carbons (Fsp3) is 0.259. The number of amides is 2. The molecule has 37 heavy (non-hydrogen) atoms. The van der Waals surface area contributed by atoms with Crippen molar-refractivity contribution in [2.45, 2.75) is 31.3 Å². The first kappa shape index (κ1) is 28.2. The third kappa shape index (κ3) is 6.69. The van der Waals surface area contributed by atoms with Gasteiger partial charge >= 0.3 is 0 Å². The van der Waals surface area contributed by atoms with E-state index in [0.717, 1.165) is 19.9 Å². The molecule has 0 radical (unpaired) electrons. The first-order chi connectivity index (χ1) is 17.6. The maximum Gasteiger partial charge on any atom is 0.264 e. The van der Waals surface area contributed by atoms with Crippen LogP contribution in [0.2, 0.25) is 0 Å². The average molecular weight is 589 g/mol. The van der Waals surface area contributed by atoms with Gasteiger partial charge in [-0.25, -0.2) is 8.42 Å². The van der Waals surface area contributed by atoms with Gasteiger partial charge in [-0.3, -0.25) is 13.9 Å². The van der Waals surface area contributed by atoms with Crippen LogP contribution in [-0.4, -0.2) is 51.9 Å². The monoisotopic (exact) mass is 587 g/mol. The predicted octanol–water partition coefficient (Wildman–Crippen LogP) is 4.12. The Kier molecular flexibility index (Phi) is 9.34. The van der Waals surface area contributed by atoms with Gasteiger partial charge in [-0.2, -0.15) is 0 Å². The lowest BCUT2D eigenvalue weighted by atomic mass is 10.1. The number of rotatable bonds is 10. The van der Waals surface area contributed by atoms with Gasteiger partial charge in [0, 0.05) is 18.1 Å². The molecule has 0 aromatic heterocycles. The molecular weight excluding hydrogens is 558 g/mol. The molecule has 0 spiro atoms. The van der Waals surface area contributed by atoms with Crippen molar-refractivity contribution >= 4 is 43.5 Å². The van der Waals surface area contributed by atoms with Gasteiger partial charge in [-0.05, 0) is 61.4 Å². The minimum Gasteiger partial charge on any atom is -0.495 e.